The third-order valence-corrected chi connectivity index (χ3v) is 4.01. The molecule has 1 unspecified atom stereocenters. The fourth-order valence-electron chi connectivity index (χ4n) is 2.77. The largest absolute Gasteiger partial charge is 0.416 e. The van der Waals surface area contributed by atoms with Crippen LogP contribution in [0.4, 0.5) is 26.3 Å². The molecule has 0 radical (unpaired) electrons. The first-order chi connectivity index (χ1) is 12.1. The molecule has 0 saturated carbocycles. The van der Waals surface area contributed by atoms with Crippen LogP contribution >= 0.6 is 0 Å². The van der Waals surface area contributed by atoms with Crippen molar-refractivity contribution in [3.8, 4) is 0 Å². The molecule has 1 heterocycles. The van der Waals surface area contributed by atoms with Crippen LogP contribution in [0.2, 0.25) is 0 Å². The van der Waals surface area contributed by atoms with Gasteiger partial charge >= 0.3 is 12.4 Å². The summed E-state index contributed by atoms with van der Waals surface area (Å²) in [6, 6.07) is 7.30. The maximum Gasteiger partial charge on any atom is 0.416 e. The second-order valence-corrected chi connectivity index (χ2v) is 5.79. The summed E-state index contributed by atoms with van der Waals surface area (Å²) in [7, 11) is 0. The van der Waals surface area contributed by atoms with E-state index in [0.717, 1.165) is 6.07 Å². The molecule has 1 atom stereocenters. The van der Waals surface area contributed by atoms with Crippen LogP contribution in [0.25, 0.3) is 11.0 Å². The quantitative estimate of drug-likeness (QED) is 0.672. The van der Waals surface area contributed by atoms with E-state index in [4.69, 9.17) is 5.73 Å². The summed E-state index contributed by atoms with van der Waals surface area (Å²) in [6.07, 6.45) is -8.39. The molecule has 3 nitrogen and oxygen atoms in total. The Morgan fingerprint density at radius 1 is 0.962 bits per heavy atom. The Labute approximate surface area is 144 Å². The van der Waals surface area contributed by atoms with Gasteiger partial charge in [0.25, 0.3) is 0 Å². The van der Waals surface area contributed by atoms with Crippen LogP contribution in [0.1, 0.15) is 22.7 Å². The third-order valence-electron chi connectivity index (χ3n) is 4.01. The molecule has 0 fully saturated rings. The van der Waals surface area contributed by atoms with Gasteiger partial charge in [-0.05, 0) is 29.8 Å². The molecule has 0 bridgehead atoms. The zero-order valence-corrected chi connectivity index (χ0v) is 13.1. The Kier molecular flexibility index (Phi) is 4.43. The number of hydrogen-bond donors (Lipinski definition) is 1. The van der Waals surface area contributed by atoms with E-state index in [1.165, 1.54) is 6.33 Å². The van der Waals surface area contributed by atoms with Crippen LogP contribution < -0.4 is 5.73 Å². The van der Waals surface area contributed by atoms with Crippen molar-refractivity contribution in [1.29, 1.82) is 0 Å². The Balaban J connectivity index is 1.99. The standard InChI is InChI=1S/C17H13F6N3/c18-16(19,20)10-5-6-11(12(7-10)17(21,22)23)13(24)8-26-9-25-14-3-1-2-4-15(14)26/h1-7,9,13H,8,24H2. The zero-order valence-electron chi connectivity index (χ0n) is 13.1. The van der Waals surface area contributed by atoms with Crippen molar-refractivity contribution >= 4 is 11.0 Å². The highest BCUT2D eigenvalue weighted by molar-refractivity contribution is 5.74. The zero-order chi connectivity index (χ0) is 19.1. The number of halogens is 6. The Morgan fingerprint density at radius 2 is 1.65 bits per heavy atom. The van der Waals surface area contributed by atoms with Gasteiger partial charge in [-0.3, -0.25) is 0 Å². The van der Waals surface area contributed by atoms with E-state index >= 15 is 0 Å². The molecule has 0 saturated heterocycles. The first-order valence-electron chi connectivity index (χ1n) is 7.51. The summed E-state index contributed by atoms with van der Waals surface area (Å²) in [5.74, 6) is 0. The molecular formula is C17H13F6N3. The molecule has 3 rings (SSSR count). The van der Waals surface area contributed by atoms with Gasteiger partial charge in [0, 0.05) is 12.6 Å². The van der Waals surface area contributed by atoms with Gasteiger partial charge in [-0.25, -0.2) is 4.98 Å². The van der Waals surface area contributed by atoms with Gasteiger partial charge in [0.05, 0.1) is 28.5 Å². The van der Waals surface area contributed by atoms with E-state index in [-0.39, 0.29) is 12.6 Å². The van der Waals surface area contributed by atoms with Crippen LogP contribution in [0, 0.1) is 0 Å². The first kappa shape index (κ1) is 18.2. The number of fused-ring (bicyclic) bond motifs is 1. The third kappa shape index (κ3) is 3.52. The number of para-hydroxylation sites is 2. The van der Waals surface area contributed by atoms with Gasteiger partial charge in [0.2, 0.25) is 0 Å². The van der Waals surface area contributed by atoms with Crippen molar-refractivity contribution in [2.24, 2.45) is 5.73 Å². The summed E-state index contributed by atoms with van der Waals surface area (Å²) in [5, 5.41) is 0. The van der Waals surface area contributed by atoms with Crippen molar-refractivity contribution in [3.63, 3.8) is 0 Å². The molecule has 3 aromatic rings. The molecule has 2 aromatic carbocycles. The van der Waals surface area contributed by atoms with E-state index in [1.807, 2.05) is 0 Å². The fraction of sp³-hybridized carbons (Fsp3) is 0.235. The minimum absolute atomic E-state index is 0.0606. The Morgan fingerprint density at radius 3 is 2.31 bits per heavy atom. The molecule has 9 heteroatoms. The van der Waals surface area contributed by atoms with Crippen molar-refractivity contribution < 1.29 is 26.3 Å². The Bertz CT molecular complexity index is 926. The molecule has 2 N–H and O–H groups in total. The van der Waals surface area contributed by atoms with E-state index < -0.39 is 35.1 Å². The summed E-state index contributed by atoms with van der Waals surface area (Å²) in [5.41, 5.74) is 4.06. The highest BCUT2D eigenvalue weighted by Crippen LogP contribution is 2.39. The SMILES string of the molecule is NC(Cn1cnc2ccccc21)c1ccc(C(F)(F)F)cc1C(F)(F)F. The van der Waals surface area contributed by atoms with Crippen molar-refractivity contribution in [1.82, 2.24) is 9.55 Å². The van der Waals surface area contributed by atoms with Gasteiger partial charge < -0.3 is 10.3 Å². The normalized spacial score (nSPS) is 14.0. The number of hydrogen-bond acceptors (Lipinski definition) is 2. The van der Waals surface area contributed by atoms with Crippen LogP contribution in [-0.4, -0.2) is 9.55 Å². The number of imidazole rings is 1. The minimum atomic E-state index is -4.95. The second kappa shape index (κ2) is 6.31. The molecule has 1 aromatic heterocycles. The predicted molar refractivity (Wildman–Crippen MR) is 83.1 cm³/mol. The van der Waals surface area contributed by atoms with Crippen molar-refractivity contribution in [3.05, 3.63) is 65.5 Å². The molecule has 138 valence electrons. The summed E-state index contributed by atoms with van der Waals surface area (Å²) >= 11 is 0. The fourth-order valence-corrected chi connectivity index (χ4v) is 2.77. The van der Waals surface area contributed by atoms with Gasteiger partial charge in [-0.1, -0.05) is 18.2 Å². The lowest BCUT2D eigenvalue weighted by molar-refractivity contribution is -0.143. The first-order valence-corrected chi connectivity index (χ1v) is 7.51. The van der Waals surface area contributed by atoms with E-state index in [9.17, 15) is 26.3 Å². The average molecular weight is 373 g/mol. The van der Waals surface area contributed by atoms with Crippen LogP contribution in [0.5, 0.6) is 0 Å². The van der Waals surface area contributed by atoms with E-state index in [1.54, 1.807) is 28.8 Å². The molecule has 0 amide bonds. The minimum Gasteiger partial charge on any atom is -0.329 e. The topological polar surface area (TPSA) is 43.8 Å². The van der Waals surface area contributed by atoms with Crippen LogP contribution in [0.3, 0.4) is 0 Å². The van der Waals surface area contributed by atoms with Gasteiger partial charge in [-0.15, -0.1) is 0 Å². The van der Waals surface area contributed by atoms with E-state index in [2.05, 4.69) is 4.98 Å². The molecular weight excluding hydrogens is 360 g/mol. The lowest BCUT2D eigenvalue weighted by atomic mass is 9.97. The maximum atomic E-state index is 13.3. The Hall–Kier alpha value is -2.55. The average Bonchev–Trinajstić information content (AvgIpc) is 2.96. The van der Waals surface area contributed by atoms with E-state index in [0.29, 0.717) is 17.1 Å². The highest BCUT2D eigenvalue weighted by Gasteiger charge is 2.39. The molecule has 0 aliphatic rings. The lowest BCUT2D eigenvalue weighted by Crippen LogP contribution is -2.22. The number of nitrogens with two attached hydrogens (primary N) is 1. The second-order valence-electron chi connectivity index (χ2n) is 5.79. The number of aromatic nitrogens is 2. The summed E-state index contributed by atoms with van der Waals surface area (Å²) in [4.78, 5) is 4.12. The summed E-state index contributed by atoms with van der Waals surface area (Å²) < 4.78 is 79.6. The van der Waals surface area contributed by atoms with Crippen LogP contribution in [-0.2, 0) is 18.9 Å². The molecule has 26 heavy (non-hydrogen) atoms. The van der Waals surface area contributed by atoms with Crippen LogP contribution in [0.15, 0.2) is 48.8 Å². The number of nitrogens with zero attached hydrogens (tertiary/aromatic N) is 2. The lowest BCUT2D eigenvalue weighted by Gasteiger charge is -2.20. The van der Waals surface area contributed by atoms with Gasteiger partial charge in [-0.2, -0.15) is 26.3 Å². The molecule has 0 aliphatic heterocycles. The number of benzene rings is 2. The number of rotatable bonds is 3. The maximum absolute atomic E-state index is 13.3. The van der Waals surface area contributed by atoms with Gasteiger partial charge in [0.1, 0.15) is 0 Å². The smallest absolute Gasteiger partial charge is 0.329 e. The predicted octanol–water partition coefficient (Wildman–Crippen LogP) is 4.77. The molecule has 0 spiro atoms. The van der Waals surface area contributed by atoms with Crippen molar-refractivity contribution in [2.45, 2.75) is 24.9 Å². The van der Waals surface area contributed by atoms with Gasteiger partial charge in [0.15, 0.2) is 0 Å². The van der Waals surface area contributed by atoms with Crippen molar-refractivity contribution in [2.75, 3.05) is 0 Å². The molecule has 0 aliphatic carbocycles. The summed E-state index contributed by atoms with van der Waals surface area (Å²) in [6.45, 7) is -0.0606. The highest BCUT2D eigenvalue weighted by atomic mass is 19.4. The monoisotopic (exact) mass is 373 g/mol. The number of alkyl halides is 6.